The van der Waals surface area contributed by atoms with Gasteiger partial charge >= 0.3 is 0 Å². The first-order valence-electron chi connectivity index (χ1n) is 5.53. The van der Waals surface area contributed by atoms with Crippen LogP contribution in [0.1, 0.15) is 29.9 Å². The van der Waals surface area contributed by atoms with Crippen molar-refractivity contribution < 1.29 is 0 Å². The summed E-state index contributed by atoms with van der Waals surface area (Å²) >= 11 is 3.46. The summed E-state index contributed by atoms with van der Waals surface area (Å²) in [5, 5.41) is 13.5. The van der Waals surface area contributed by atoms with Crippen LogP contribution in [0.25, 0.3) is 11.4 Å². The first kappa shape index (κ1) is 15.4. The average Bonchev–Trinajstić information content (AvgIpc) is 2.59. The molecule has 19 heavy (non-hydrogen) atoms. The van der Waals surface area contributed by atoms with Crippen LogP contribution < -0.4 is 0 Å². The Morgan fingerprint density at radius 1 is 1.26 bits per heavy atom. The fourth-order valence-electron chi connectivity index (χ4n) is 1.92. The molecule has 0 atom stereocenters. The molecule has 2 aromatic heterocycles. The molecule has 0 N–H and O–H groups in total. The Hall–Kier alpha value is -1.67. The SMILES string of the molecule is C.Cc1cc(Br)c(C)nc1-c1nn(C)c(C#N)c1C. The third-order valence-corrected chi connectivity index (χ3v) is 3.76. The van der Waals surface area contributed by atoms with E-state index in [1.54, 1.807) is 11.7 Å². The monoisotopic (exact) mass is 320 g/mol. The second-order valence-electron chi connectivity index (χ2n) is 4.28. The van der Waals surface area contributed by atoms with E-state index in [1.165, 1.54) is 0 Å². The van der Waals surface area contributed by atoms with Crippen LogP contribution in [0.4, 0.5) is 0 Å². The molecular weight excluding hydrogens is 304 g/mol. The zero-order valence-corrected chi connectivity index (χ0v) is 12.3. The van der Waals surface area contributed by atoms with E-state index >= 15 is 0 Å². The summed E-state index contributed by atoms with van der Waals surface area (Å²) in [4.78, 5) is 4.56. The largest absolute Gasteiger partial charge is 0.257 e. The highest BCUT2D eigenvalue weighted by Gasteiger charge is 2.17. The molecule has 0 unspecified atom stereocenters. The number of pyridine rings is 1. The van der Waals surface area contributed by atoms with Crippen molar-refractivity contribution >= 4 is 15.9 Å². The normalized spacial score (nSPS) is 9.89. The maximum absolute atomic E-state index is 9.09. The minimum atomic E-state index is 0. The van der Waals surface area contributed by atoms with Gasteiger partial charge in [-0.2, -0.15) is 10.4 Å². The van der Waals surface area contributed by atoms with Gasteiger partial charge in [0, 0.05) is 17.1 Å². The van der Waals surface area contributed by atoms with E-state index in [4.69, 9.17) is 5.26 Å². The third kappa shape index (κ3) is 2.54. The van der Waals surface area contributed by atoms with E-state index in [2.05, 4.69) is 32.1 Å². The van der Waals surface area contributed by atoms with Crippen molar-refractivity contribution in [3.63, 3.8) is 0 Å². The van der Waals surface area contributed by atoms with Gasteiger partial charge in [-0.1, -0.05) is 7.43 Å². The van der Waals surface area contributed by atoms with Crippen LogP contribution in [-0.4, -0.2) is 14.8 Å². The second kappa shape index (κ2) is 5.54. The van der Waals surface area contributed by atoms with E-state index < -0.39 is 0 Å². The Morgan fingerprint density at radius 3 is 2.42 bits per heavy atom. The van der Waals surface area contributed by atoms with Crippen molar-refractivity contribution in [2.45, 2.75) is 28.2 Å². The number of nitriles is 1. The molecule has 0 saturated heterocycles. The maximum atomic E-state index is 9.09. The smallest absolute Gasteiger partial charge is 0.141 e. The minimum Gasteiger partial charge on any atom is -0.257 e. The highest BCUT2D eigenvalue weighted by atomic mass is 79.9. The minimum absolute atomic E-state index is 0. The van der Waals surface area contributed by atoms with Crippen molar-refractivity contribution in [1.82, 2.24) is 14.8 Å². The summed E-state index contributed by atoms with van der Waals surface area (Å²) < 4.78 is 2.58. The molecule has 0 bridgehead atoms. The molecular formula is C14H17BrN4. The number of hydrogen-bond acceptors (Lipinski definition) is 3. The highest BCUT2D eigenvalue weighted by molar-refractivity contribution is 9.10. The quantitative estimate of drug-likeness (QED) is 0.805. The third-order valence-electron chi connectivity index (χ3n) is 2.96. The molecule has 100 valence electrons. The molecule has 2 aromatic rings. The summed E-state index contributed by atoms with van der Waals surface area (Å²) in [5.74, 6) is 0. The molecule has 0 saturated carbocycles. The summed E-state index contributed by atoms with van der Waals surface area (Å²) in [6.07, 6.45) is 0. The molecule has 5 heteroatoms. The molecule has 2 heterocycles. The number of aromatic nitrogens is 3. The van der Waals surface area contributed by atoms with Crippen LogP contribution in [-0.2, 0) is 7.05 Å². The van der Waals surface area contributed by atoms with Gasteiger partial charge in [0.25, 0.3) is 0 Å². The van der Waals surface area contributed by atoms with Gasteiger partial charge in [-0.05, 0) is 48.3 Å². The molecule has 0 fully saturated rings. The molecule has 2 rings (SSSR count). The zero-order valence-electron chi connectivity index (χ0n) is 10.7. The lowest BCUT2D eigenvalue weighted by Crippen LogP contribution is -1.96. The van der Waals surface area contributed by atoms with Crippen molar-refractivity contribution in [2.75, 3.05) is 0 Å². The van der Waals surface area contributed by atoms with Crippen molar-refractivity contribution in [2.24, 2.45) is 7.05 Å². The van der Waals surface area contributed by atoms with Gasteiger partial charge in [-0.3, -0.25) is 4.68 Å². The van der Waals surface area contributed by atoms with E-state index in [0.717, 1.165) is 32.7 Å². The average molecular weight is 321 g/mol. The molecule has 0 aromatic carbocycles. The number of rotatable bonds is 1. The fraction of sp³-hybridized carbons (Fsp3) is 0.357. The van der Waals surface area contributed by atoms with Crippen LogP contribution in [0.15, 0.2) is 10.5 Å². The predicted molar refractivity (Wildman–Crippen MR) is 79.8 cm³/mol. The van der Waals surface area contributed by atoms with Gasteiger partial charge in [0.05, 0.1) is 11.4 Å². The Bertz CT molecular complexity index is 665. The van der Waals surface area contributed by atoms with Crippen molar-refractivity contribution in [3.8, 4) is 17.5 Å². The fourth-order valence-corrected chi connectivity index (χ4v) is 2.35. The summed E-state index contributed by atoms with van der Waals surface area (Å²) in [6, 6.07) is 4.19. The van der Waals surface area contributed by atoms with Gasteiger partial charge in [-0.15, -0.1) is 0 Å². The first-order chi connectivity index (χ1) is 8.45. The molecule has 0 spiro atoms. The lowest BCUT2D eigenvalue weighted by Gasteiger charge is -2.06. The second-order valence-corrected chi connectivity index (χ2v) is 5.13. The van der Waals surface area contributed by atoms with E-state index in [0.29, 0.717) is 5.69 Å². The van der Waals surface area contributed by atoms with E-state index in [1.807, 2.05) is 26.8 Å². The Labute approximate surface area is 122 Å². The summed E-state index contributed by atoms with van der Waals surface area (Å²) in [5.41, 5.74) is 5.02. The van der Waals surface area contributed by atoms with Gasteiger partial charge in [-0.25, -0.2) is 4.98 Å². The maximum Gasteiger partial charge on any atom is 0.141 e. The van der Waals surface area contributed by atoms with Crippen LogP contribution >= 0.6 is 15.9 Å². The van der Waals surface area contributed by atoms with Crippen LogP contribution in [0.5, 0.6) is 0 Å². The predicted octanol–water partition coefficient (Wildman–Crippen LogP) is 3.68. The number of nitrogens with zero attached hydrogens (tertiary/aromatic N) is 4. The lowest BCUT2D eigenvalue weighted by molar-refractivity contribution is 0.757. The van der Waals surface area contributed by atoms with Gasteiger partial charge in [0.15, 0.2) is 0 Å². The topological polar surface area (TPSA) is 54.5 Å². The molecule has 0 radical (unpaired) electrons. The first-order valence-corrected chi connectivity index (χ1v) is 6.32. The van der Waals surface area contributed by atoms with E-state index in [9.17, 15) is 0 Å². The number of hydrogen-bond donors (Lipinski definition) is 0. The van der Waals surface area contributed by atoms with Gasteiger partial charge in [0.1, 0.15) is 17.5 Å². The molecule has 0 amide bonds. The van der Waals surface area contributed by atoms with Crippen LogP contribution in [0.2, 0.25) is 0 Å². The Balaban J connectivity index is 0.00000180. The zero-order chi connectivity index (χ0) is 13.4. The number of aryl methyl sites for hydroxylation is 3. The van der Waals surface area contributed by atoms with Crippen LogP contribution in [0.3, 0.4) is 0 Å². The van der Waals surface area contributed by atoms with Gasteiger partial charge in [0.2, 0.25) is 0 Å². The summed E-state index contributed by atoms with van der Waals surface area (Å²) in [6.45, 7) is 5.84. The number of halogens is 1. The van der Waals surface area contributed by atoms with Crippen LogP contribution in [0, 0.1) is 32.1 Å². The summed E-state index contributed by atoms with van der Waals surface area (Å²) in [7, 11) is 1.77. The standard InChI is InChI=1S/C13H13BrN4.CH4/c1-7-5-10(14)9(3)16-12(7)13-8(2)11(6-15)18(4)17-13;/h5H,1-4H3;1H4. The molecule has 4 nitrogen and oxygen atoms in total. The lowest BCUT2D eigenvalue weighted by atomic mass is 10.1. The van der Waals surface area contributed by atoms with Gasteiger partial charge < -0.3 is 0 Å². The Kier molecular flexibility index (Phi) is 4.48. The molecule has 0 aliphatic carbocycles. The van der Waals surface area contributed by atoms with Crippen molar-refractivity contribution in [1.29, 1.82) is 5.26 Å². The molecule has 0 aliphatic heterocycles. The van der Waals surface area contributed by atoms with E-state index in [-0.39, 0.29) is 7.43 Å². The molecule has 0 aliphatic rings. The highest BCUT2D eigenvalue weighted by Crippen LogP contribution is 2.28. The Morgan fingerprint density at radius 2 is 1.89 bits per heavy atom. The van der Waals surface area contributed by atoms with Crippen molar-refractivity contribution in [3.05, 3.63) is 33.1 Å².